The first-order valence-electron chi connectivity index (χ1n) is 10.6. The molecule has 8 nitrogen and oxygen atoms in total. The summed E-state index contributed by atoms with van der Waals surface area (Å²) < 4.78 is 33.6. The van der Waals surface area contributed by atoms with Crippen molar-refractivity contribution in [2.45, 2.75) is 12.7 Å². The van der Waals surface area contributed by atoms with Crippen LogP contribution in [0.1, 0.15) is 16.1 Å². The van der Waals surface area contributed by atoms with Crippen LogP contribution in [0.2, 0.25) is 0 Å². The van der Waals surface area contributed by atoms with Gasteiger partial charge in [-0.1, -0.05) is 30.3 Å². The summed E-state index contributed by atoms with van der Waals surface area (Å²) in [6.07, 6.45) is -3.39. The minimum Gasteiger partial charge on any atom is -0.475 e. The Balaban J connectivity index is 0.000000406. The van der Waals surface area contributed by atoms with Crippen LogP contribution in [0.4, 0.5) is 18.9 Å². The zero-order chi connectivity index (χ0) is 24.9. The third-order valence-corrected chi connectivity index (χ3v) is 5.54. The number of piperazine rings is 1. The lowest BCUT2D eigenvalue weighted by Gasteiger charge is -2.27. The molecule has 34 heavy (non-hydrogen) atoms. The molecule has 11 heteroatoms. The fourth-order valence-corrected chi connectivity index (χ4v) is 3.59. The van der Waals surface area contributed by atoms with Crippen molar-refractivity contribution < 1.29 is 27.9 Å². The van der Waals surface area contributed by atoms with Crippen LogP contribution < -0.4 is 10.2 Å². The number of aryl methyl sites for hydroxylation is 1. The second-order valence-corrected chi connectivity index (χ2v) is 7.85. The molecular formula is C23H26F3N5O3. The number of halogens is 3. The summed E-state index contributed by atoms with van der Waals surface area (Å²) in [6.45, 7) is 4.68. The fraction of sp³-hybridized carbons (Fsp3) is 0.348. The number of hydrogen-bond donors (Lipinski definition) is 2. The minimum absolute atomic E-state index is 0.0245. The minimum atomic E-state index is -5.08. The number of alkyl halides is 3. The molecular weight excluding hydrogens is 451 g/mol. The Labute approximate surface area is 194 Å². The van der Waals surface area contributed by atoms with Gasteiger partial charge in [0.25, 0.3) is 5.91 Å². The van der Waals surface area contributed by atoms with Gasteiger partial charge in [0.1, 0.15) is 0 Å². The maximum absolute atomic E-state index is 13.2. The van der Waals surface area contributed by atoms with Gasteiger partial charge in [-0.05, 0) is 22.9 Å². The molecule has 2 aromatic carbocycles. The van der Waals surface area contributed by atoms with Gasteiger partial charge in [-0.15, -0.1) is 0 Å². The summed E-state index contributed by atoms with van der Waals surface area (Å²) in [5.74, 6) is -2.78. The first-order valence-corrected chi connectivity index (χ1v) is 10.6. The Morgan fingerprint density at radius 2 is 1.74 bits per heavy atom. The van der Waals surface area contributed by atoms with E-state index < -0.39 is 12.1 Å². The Kier molecular flexibility index (Phi) is 7.90. The van der Waals surface area contributed by atoms with Crippen molar-refractivity contribution in [3.05, 3.63) is 59.9 Å². The van der Waals surface area contributed by atoms with Crippen LogP contribution in [-0.4, -0.2) is 71.1 Å². The zero-order valence-corrected chi connectivity index (χ0v) is 18.8. The first kappa shape index (κ1) is 25.2. The molecule has 0 atom stereocenters. The molecule has 2 N–H and O–H groups in total. The summed E-state index contributed by atoms with van der Waals surface area (Å²) >= 11 is 0. The number of fused-ring (bicyclic) bond motifs is 1. The Hall–Kier alpha value is -3.44. The molecule has 1 fully saturated rings. The second-order valence-electron chi connectivity index (χ2n) is 7.85. The molecule has 1 aromatic heterocycles. The van der Waals surface area contributed by atoms with Gasteiger partial charge in [-0.25, -0.2) is 4.79 Å². The summed E-state index contributed by atoms with van der Waals surface area (Å²) in [4.78, 5) is 26.2. The van der Waals surface area contributed by atoms with Crippen LogP contribution >= 0.6 is 0 Å². The molecule has 1 aliphatic rings. The summed E-state index contributed by atoms with van der Waals surface area (Å²) in [7, 11) is 3.73. The van der Waals surface area contributed by atoms with Crippen molar-refractivity contribution in [1.82, 2.24) is 20.0 Å². The highest BCUT2D eigenvalue weighted by atomic mass is 19.4. The van der Waals surface area contributed by atoms with Crippen molar-refractivity contribution >= 4 is 28.3 Å². The van der Waals surface area contributed by atoms with E-state index in [0.717, 1.165) is 49.5 Å². The van der Waals surface area contributed by atoms with Crippen molar-refractivity contribution in [2.75, 3.05) is 38.1 Å². The van der Waals surface area contributed by atoms with E-state index in [0.29, 0.717) is 5.56 Å². The zero-order valence-electron chi connectivity index (χ0n) is 18.8. The van der Waals surface area contributed by atoms with Crippen LogP contribution in [0, 0.1) is 0 Å². The number of aromatic nitrogens is 2. The molecule has 4 rings (SSSR count). The number of carboxylic acids is 1. The average molecular weight is 477 g/mol. The maximum Gasteiger partial charge on any atom is 0.490 e. The molecule has 0 unspecified atom stereocenters. The van der Waals surface area contributed by atoms with E-state index in [4.69, 9.17) is 9.90 Å². The monoisotopic (exact) mass is 477 g/mol. The van der Waals surface area contributed by atoms with Crippen LogP contribution in [0.3, 0.4) is 0 Å². The largest absolute Gasteiger partial charge is 0.490 e. The highest BCUT2D eigenvalue weighted by Crippen LogP contribution is 2.23. The number of aliphatic carboxylic acids is 1. The van der Waals surface area contributed by atoms with Crippen LogP contribution in [0.25, 0.3) is 10.8 Å². The number of hydrogen-bond acceptors (Lipinski definition) is 5. The number of carboxylic acid groups (broad SMARTS) is 1. The molecule has 1 aliphatic heterocycles. The van der Waals surface area contributed by atoms with Crippen LogP contribution in [-0.2, 0) is 18.4 Å². The number of benzene rings is 2. The summed E-state index contributed by atoms with van der Waals surface area (Å²) in [5.41, 5.74) is 2.52. The van der Waals surface area contributed by atoms with Gasteiger partial charge in [0, 0.05) is 52.5 Å². The van der Waals surface area contributed by atoms with Gasteiger partial charge in [0.15, 0.2) is 0 Å². The molecule has 0 aliphatic carbocycles. The summed E-state index contributed by atoms with van der Waals surface area (Å²) in [6, 6.07) is 14.3. The van der Waals surface area contributed by atoms with Crippen molar-refractivity contribution in [1.29, 1.82) is 0 Å². The van der Waals surface area contributed by atoms with E-state index in [1.165, 1.54) is 5.39 Å². The Morgan fingerprint density at radius 3 is 2.35 bits per heavy atom. The van der Waals surface area contributed by atoms with Gasteiger partial charge in [-0.2, -0.15) is 18.3 Å². The molecule has 0 spiro atoms. The predicted octanol–water partition coefficient (Wildman–Crippen LogP) is 2.89. The fourth-order valence-electron chi connectivity index (χ4n) is 3.59. The number of nitrogens with zero attached hydrogens (tertiary/aromatic N) is 4. The summed E-state index contributed by atoms with van der Waals surface area (Å²) in [5, 5.41) is 17.1. The SMILES string of the molecule is CN(C(=O)c1cnn(C)c1CN1CCNCC1)c1ccc2ccccc2c1.O=C(O)C(F)(F)F. The van der Waals surface area contributed by atoms with Crippen LogP contribution in [0.5, 0.6) is 0 Å². The number of carbonyl (C=O) groups is 2. The lowest BCUT2D eigenvalue weighted by atomic mass is 10.1. The molecule has 1 amide bonds. The van der Waals surface area contributed by atoms with E-state index >= 15 is 0 Å². The number of rotatable bonds is 4. The Bertz CT molecular complexity index is 1160. The van der Waals surface area contributed by atoms with Gasteiger partial charge in [0.05, 0.1) is 17.5 Å². The van der Waals surface area contributed by atoms with E-state index in [1.807, 2.05) is 37.0 Å². The van der Waals surface area contributed by atoms with E-state index in [-0.39, 0.29) is 5.91 Å². The molecule has 0 saturated carbocycles. The highest BCUT2D eigenvalue weighted by molar-refractivity contribution is 6.07. The third kappa shape index (κ3) is 6.12. The molecule has 1 saturated heterocycles. The molecule has 0 radical (unpaired) electrons. The van der Waals surface area contributed by atoms with Gasteiger partial charge in [0.2, 0.25) is 0 Å². The van der Waals surface area contributed by atoms with Crippen molar-refractivity contribution in [2.24, 2.45) is 7.05 Å². The molecule has 2 heterocycles. The normalized spacial score (nSPS) is 14.4. The Morgan fingerprint density at radius 1 is 1.12 bits per heavy atom. The number of carbonyl (C=O) groups excluding carboxylic acids is 1. The van der Waals surface area contributed by atoms with Gasteiger partial charge in [-0.3, -0.25) is 14.4 Å². The first-order chi connectivity index (χ1) is 16.1. The third-order valence-electron chi connectivity index (χ3n) is 5.54. The lowest BCUT2D eigenvalue weighted by molar-refractivity contribution is -0.192. The van der Waals surface area contributed by atoms with Crippen molar-refractivity contribution in [3.63, 3.8) is 0 Å². The van der Waals surface area contributed by atoms with Crippen LogP contribution in [0.15, 0.2) is 48.7 Å². The quantitative estimate of drug-likeness (QED) is 0.601. The van der Waals surface area contributed by atoms with Gasteiger partial charge < -0.3 is 15.3 Å². The average Bonchev–Trinajstić information content (AvgIpc) is 3.18. The predicted molar refractivity (Wildman–Crippen MR) is 122 cm³/mol. The lowest BCUT2D eigenvalue weighted by Crippen LogP contribution is -2.43. The maximum atomic E-state index is 13.2. The second kappa shape index (κ2) is 10.7. The molecule has 3 aromatic rings. The number of nitrogens with one attached hydrogen (secondary N) is 1. The van der Waals surface area contributed by atoms with Crippen molar-refractivity contribution in [3.8, 4) is 0 Å². The van der Waals surface area contributed by atoms with E-state index in [1.54, 1.807) is 11.1 Å². The molecule has 182 valence electrons. The molecule has 0 bridgehead atoms. The topological polar surface area (TPSA) is 90.7 Å². The highest BCUT2D eigenvalue weighted by Gasteiger charge is 2.38. The van der Waals surface area contributed by atoms with Gasteiger partial charge >= 0.3 is 12.1 Å². The van der Waals surface area contributed by atoms with E-state index in [9.17, 15) is 18.0 Å². The van der Waals surface area contributed by atoms with E-state index in [2.05, 4.69) is 39.6 Å². The number of anilines is 1. The standard InChI is InChI=1S/C21H25N5O.C2HF3O2/c1-24(18-8-7-16-5-3-4-6-17(16)13-18)21(27)19-14-23-25(2)20(19)15-26-11-9-22-10-12-26;3-2(4,5)1(6)7/h3-8,13-14,22H,9-12,15H2,1-2H3;(H,6,7). The smallest absolute Gasteiger partial charge is 0.475 e. The number of amides is 1.